The number of thioether (sulfide) groups is 1. The Bertz CT molecular complexity index is 243. The third-order valence-corrected chi connectivity index (χ3v) is 5.39. The maximum Gasteiger partial charge on any atom is 0.0399 e. The van der Waals surface area contributed by atoms with Gasteiger partial charge in [-0.25, -0.2) is 0 Å². The first-order chi connectivity index (χ1) is 8.42. The number of rotatable bonds is 5. The van der Waals surface area contributed by atoms with E-state index in [-0.39, 0.29) is 0 Å². The van der Waals surface area contributed by atoms with Gasteiger partial charge < -0.3 is 5.32 Å². The molecule has 1 fully saturated rings. The third-order valence-electron chi connectivity index (χ3n) is 3.93. The highest BCUT2D eigenvalue weighted by molar-refractivity contribution is 8.00. The first-order valence-corrected chi connectivity index (χ1v) is 8.50. The van der Waals surface area contributed by atoms with Gasteiger partial charge in [0.15, 0.2) is 0 Å². The molecular formula is C15H27NS. The molecule has 17 heavy (non-hydrogen) atoms. The minimum atomic E-state index is 0.681. The van der Waals surface area contributed by atoms with E-state index in [1.165, 1.54) is 63.7 Å². The molecule has 1 heterocycles. The first-order valence-electron chi connectivity index (χ1n) is 7.45. The highest BCUT2D eigenvalue weighted by atomic mass is 32.2. The van der Waals surface area contributed by atoms with Gasteiger partial charge in [0, 0.05) is 11.3 Å². The molecule has 0 bridgehead atoms. The van der Waals surface area contributed by atoms with Gasteiger partial charge in [-0.1, -0.05) is 25.0 Å². The number of hydrogen-bond donors (Lipinski definition) is 1. The molecule has 1 aliphatic heterocycles. The molecule has 2 unspecified atom stereocenters. The molecule has 0 spiro atoms. The van der Waals surface area contributed by atoms with Crippen molar-refractivity contribution < 1.29 is 0 Å². The second-order valence-electron chi connectivity index (χ2n) is 5.36. The van der Waals surface area contributed by atoms with E-state index in [2.05, 4.69) is 30.1 Å². The van der Waals surface area contributed by atoms with Crippen molar-refractivity contribution in [3.05, 3.63) is 11.6 Å². The summed E-state index contributed by atoms with van der Waals surface area (Å²) in [6.07, 6.45) is 13.6. The Morgan fingerprint density at radius 1 is 1.35 bits per heavy atom. The molecule has 1 aliphatic carbocycles. The molecule has 0 amide bonds. The Labute approximate surface area is 111 Å². The summed E-state index contributed by atoms with van der Waals surface area (Å²) in [5, 5.41) is 4.67. The standard InChI is InChI=1S/C15H27NS/c1-2-11-16-15(13-8-4-3-5-9-13)14-10-6-7-12-17-14/h8,14-16H,2-7,9-12H2,1H3. The van der Waals surface area contributed by atoms with E-state index >= 15 is 0 Å². The fourth-order valence-corrected chi connectivity index (χ4v) is 4.45. The number of allylic oxidation sites excluding steroid dienone is 1. The molecule has 0 saturated carbocycles. The summed E-state index contributed by atoms with van der Waals surface area (Å²) >= 11 is 2.21. The maximum absolute atomic E-state index is 3.82. The Kier molecular flexibility index (Phi) is 5.93. The molecular weight excluding hydrogens is 226 g/mol. The van der Waals surface area contributed by atoms with Gasteiger partial charge in [-0.2, -0.15) is 11.8 Å². The quantitative estimate of drug-likeness (QED) is 0.739. The summed E-state index contributed by atoms with van der Waals surface area (Å²) in [6.45, 7) is 3.45. The lowest BCUT2D eigenvalue weighted by Gasteiger charge is -2.33. The second-order valence-corrected chi connectivity index (χ2v) is 6.71. The van der Waals surface area contributed by atoms with Crippen molar-refractivity contribution in [2.45, 2.75) is 69.6 Å². The molecule has 0 aromatic heterocycles. The highest BCUT2D eigenvalue weighted by Crippen LogP contribution is 2.33. The minimum absolute atomic E-state index is 0.681. The Morgan fingerprint density at radius 3 is 2.94 bits per heavy atom. The predicted molar refractivity (Wildman–Crippen MR) is 78.7 cm³/mol. The zero-order chi connectivity index (χ0) is 11.9. The molecule has 0 aromatic rings. The van der Waals surface area contributed by atoms with Crippen molar-refractivity contribution in [1.82, 2.24) is 5.32 Å². The summed E-state index contributed by atoms with van der Waals surface area (Å²) in [5.41, 5.74) is 1.73. The molecule has 2 rings (SSSR count). The largest absolute Gasteiger partial charge is 0.309 e. The third kappa shape index (κ3) is 4.03. The SMILES string of the molecule is CCCNC(C1=CCCCC1)C1CCCCS1. The molecule has 2 heteroatoms. The van der Waals surface area contributed by atoms with Crippen LogP contribution in [0.2, 0.25) is 0 Å². The zero-order valence-corrected chi connectivity index (χ0v) is 12.0. The van der Waals surface area contributed by atoms with Crippen LogP contribution in [0, 0.1) is 0 Å². The van der Waals surface area contributed by atoms with Crippen LogP contribution < -0.4 is 5.32 Å². The van der Waals surface area contributed by atoms with E-state index in [0.29, 0.717) is 6.04 Å². The van der Waals surface area contributed by atoms with Gasteiger partial charge in [-0.3, -0.25) is 0 Å². The van der Waals surface area contributed by atoms with Gasteiger partial charge in [-0.05, 0) is 57.2 Å². The van der Waals surface area contributed by atoms with Gasteiger partial charge in [-0.15, -0.1) is 0 Å². The van der Waals surface area contributed by atoms with Crippen LogP contribution in [-0.4, -0.2) is 23.6 Å². The lowest BCUT2D eigenvalue weighted by Crippen LogP contribution is -2.41. The Balaban J connectivity index is 1.97. The summed E-state index contributed by atoms with van der Waals surface area (Å²) in [5.74, 6) is 1.38. The fourth-order valence-electron chi connectivity index (χ4n) is 2.98. The van der Waals surface area contributed by atoms with Crippen LogP contribution in [0.3, 0.4) is 0 Å². The van der Waals surface area contributed by atoms with E-state index in [9.17, 15) is 0 Å². The summed E-state index contributed by atoms with van der Waals surface area (Å²) in [6, 6.07) is 0.681. The monoisotopic (exact) mass is 253 g/mol. The fraction of sp³-hybridized carbons (Fsp3) is 0.867. The number of hydrogen-bond acceptors (Lipinski definition) is 2. The highest BCUT2D eigenvalue weighted by Gasteiger charge is 2.26. The van der Waals surface area contributed by atoms with Gasteiger partial charge in [0.2, 0.25) is 0 Å². The van der Waals surface area contributed by atoms with E-state index in [4.69, 9.17) is 0 Å². The van der Waals surface area contributed by atoms with E-state index < -0.39 is 0 Å². The molecule has 98 valence electrons. The number of nitrogens with one attached hydrogen (secondary N) is 1. The van der Waals surface area contributed by atoms with Crippen molar-refractivity contribution in [1.29, 1.82) is 0 Å². The van der Waals surface area contributed by atoms with Crippen LogP contribution in [-0.2, 0) is 0 Å². The molecule has 0 radical (unpaired) electrons. The average molecular weight is 253 g/mol. The van der Waals surface area contributed by atoms with Crippen LogP contribution in [0.4, 0.5) is 0 Å². The van der Waals surface area contributed by atoms with Crippen molar-refractivity contribution in [2.24, 2.45) is 0 Å². The molecule has 0 aromatic carbocycles. The molecule has 1 saturated heterocycles. The van der Waals surface area contributed by atoms with Crippen LogP contribution in [0.5, 0.6) is 0 Å². The second kappa shape index (κ2) is 7.48. The molecule has 2 atom stereocenters. The van der Waals surface area contributed by atoms with Crippen LogP contribution >= 0.6 is 11.8 Å². The van der Waals surface area contributed by atoms with Crippen molar-refractivity contribution in [3.63, 3.8) is 0 Å². The van der Waals surface area contributed by atoms with E-state index in [1.54, 1.807) is 5.57 Å². The maximum atomic E-state index is 3.82. The normalized spacial score (nSPS) is 27.6. The smallest absolute Gasteiger partial charge is 0.0399 e. The van der Waals surface area contributed by atoms with Crippen molar-refractivity contribution >= 4 is 11.8 Å². The molecule has 1 nitrogen and oxygen atoms in total. The van der Waals surface area contributed by atoms with Gasteiger partial charge in [0.25, 0.3) is 0 Å². The Hall–Kier alpha value is 0.0500. The minimum Gasteiger partial charge on any atom is -0.309 e. The topological polar surface area (TPSA) is 12.0 Å². The van der Waals surface area contributed by atoms with Crippen molar-refractivity contribution in [3.8, 4) is 0 Å². The first kappa shape index (κ1) is 13.5. The van der Waals surface area contributed by atoms with Gasteiger partial charge in [0.05, 0.1) is 0 Å². The Morgan fingerprint density at radius 2 is 2.29 bits per heavy atom. The zero-order valence-electron chi connectivity index (χ0n) is 11.2. The van der Waals surface area contributed by atoms with Gasteiger partial charge in [0.1, 0.15) is 0 Å². The van der Waals surface area contributed by atoms with Crippen molar-refractivity contribution in [2.75, 3.05) is 12.3 Å². The van der Waals surface area contributed by atoms with Crippen LogP contribution in [0.25, 0.3) is 0 Å². The lowest BCUT2D eigenvalue weighted by molar-refractivity contribution is 0.484. The van der Waals surface area contributed by atoms with E-state index in [0.717, 1.165) is 5.25 Å². The summed E-state index contributed by atoms with van der Waals surface area (Å²) in [4.78, 5) is 0. The van der Waals surface area contributed by atoms with Crippen LogP contribution in [0.15, 0.2) is 11.6 Å². The molecule has 1 N–H and O–H groups in total. The summed E-state index contributed by atoms with van der Waals surface area (Å²) < 4.78 is 0. The lowest BCUT2D eigenvalue weighted by atomic mass is 9.90. The average Bonchev–Trinajstić information content (AvgIpc) is 2.42. The van der Waals surface area contributed by atoms with Crippen LogP contribution in [0.1, 0.15) is 58.3 Å². The molecule has 2 aliphatic rings. The van der Waals surface area contributed by atoms with Gasteiger partial charge >= 0.3 is 0 Å². The predicted octanol–water partition coefficient (Wildman–Crippen LogP) is 4.14. The van der Waals surface area contributed by atoms with E-state index in [1.807, 2.05) is 0 Å². The summed E-state index contributed by atoms with van der Waals surface area (Å²) in [7, 11) is 0.